The summed E-state index contributed by atoms with van der Waals surface area (Å²) in [5.41, 5.74) is -0.186. The van der Waals surface area contributed by atoms with E-state index in [4.69, 9.17) is 16.3 Å². The minimum Gasteiger partial charge on any atom is -0.444 e. The molecule has 0 saturated heterocycles. The van der Waals surface area contributed by atoms with Gasteiger partial charge in [-0.25, -0.2) is 9.78 Å². The zero-order chi connectivity index (χ0) is 19.4. The van der Waals surface area contributed by atoms with E-state index in [9.17, 15) is 9.59 Å². The van der Waals surface area contributed by atoms with Crippen molar-refractivity contribution in [1.82, 2.24) is 10.3 Å². The van der Waals surface area contributed by atoms with Gasteiger partial charge >= 0.3 is 6.09 Å². The molecule has 0 radical (unpaired) electrons. The van der Waals surface area contributed by atoms with E-state index in [1.165, 1.54) is 0 Å². The van der Waals surface area contributed by atoms with Crippen molar-refractivity contribution < 1.29 is 14.3 Å². The van der Waals surface area contributed by atoms with Gasteiger partial charge in [0.05, 0.1) is 10.7 Å². The Bertz CT molecular complexity index is 633. The Morgan fingerprint density at radius 3 is 2.28 bits per heavy atom. The van der Waals surface area contributed by atoms with Gasteiger partial charge in [-0.3, -0.25) is 4.79 Å². The molecule has 0 unspecified atom stereocenters. The Hall–Kier alpha value is -1.82. The fraction of sp³-hybridized carbons (Fsp3) is 0.611. The summed E-state index contributed by atoms with van der Waals surface area (Å²) >= 11 is 5.95. The zero-order valence-corrected chi connectivity index (χ0v) is 16.7. The Labute approximate surface area is 154 Å². The fourth-order valence-electron chi connectivity index (χ4n) is 2.10. The van der Waals surface area contributed by atoms with Crippen LogP contribution in [0, 0.1) is 12.3 Å². The second-order valence-corrected chi connectivity index (χ2v) is 8.62. The smallest absolute Gasteiger partial charge is 0.408 e. The van der Waals surface area contributed by atoms with Gasteiger partial charge in [0.25, 0.3) is 0 Å². The minimum atomic E-state index is -0.743. The van der Waals surface area contributed by atoms with Gasteiger partial charge in [-0.05, 0) is 51.7 Å². The standard InChI is InChI=1S/C18H28ClN3O3/c1-11-12(19)8-9-14(20-11)22-15(23)13(10-17(2,3)4)21-16(24)25-18(5,6)7/h8-9,13H,10H2,1-7H3,(H,21,24)(H,20,22,23)/t13-/m1/s1. The summed E-state index contributed by atoms with van der Waals surface area (Å²) in [6, 6.07) is 2.54. The van der Waals surface area contributed by atoms with Crippen LogP contribution < -0.4 is 10.6 Å². The number of pyridine rings is 1. The summed E-state index contributed by atoms with van der Waals surface area (Å²) in [6.07, 6.45) is -0.179. The average molecular weight is 370 g/mol. The van der Waals surface area contributed by atoms with Crippen molar-refractivity contribution in [1.29, 1.82) is 0 Å². The van der Waals surface area contributed by atoms with Crippen LogP contribution >= 0.6 is 11.6 Å². The summed E-state index contributed by atoms with van der Waals surface area (Å²) < 4.78 is 5.25. The molecule has 7 heteroatoms. The minimum absolute atomic E-state index is 0.166. The van der Waals surface area contributed by atoms with E-state index in [1.807, 2.05) is 20.8 Å². The first kappa shape index (κ1) is 21.2. The van der Waals surface area contributed by atoms with E-state index in [1.54, 1.807) is 39.8 Å². The average Bonchev–Trinajstić information content (AvgIpc) is 2.38. The van der Waals surface area contributed by atoms with E-state index in [0.29, 0.717) is 23.0 Å². The van der Waals surface area contributed by atoms with Gasteiger partial charge < -0.3 is 15.4 Å². The number of nitrogens with zero attached hydrogens (tertiary/aromatic N) is 1. The third-order valence-electron chi connectivity index (χ3n) is 3.10. The van der Waals surface area contributed by atoms with Crippen molar-refractivity contribution in [2.45, 2.75) is 66.5 Å². The normalized spacial score (nSPS) is 13.1. The Kier molecular flexibility index (Phi) is 6.82. The van der Waals surface area contributed by atoms with E-state index < -0.39 is 17.7 Å². The number of ether oxygens (including phenoxy) is 1. The summed E-state index contributed by atoms with van der Waals surface area (Å²) in [5.74, 6) is 0.0341. The topological polar surface area (TPSA) is 80.3 Å². The molecule has 0 aromatic carbocycles. The molecule has 0 aliphatic rings. The Morgan fingerprint density at radius 2 is 1.80 bits per heavy atom. The highest BCUT2D eigenvalue weighted by atomic mass is 35.5. The first-order valence-corrected chi connectivity index (χ1v) is 8.58. The summed E-state index contributed by atoms with van der Waals surface area (Å²) in [7, 11) is 0. The molecule has 25 heavy (non-hydrogen) atoms. The van der Waals surface area contributed by atoms with Gasteiger partial charge in [0.15, 0.2) is 0 Å². The first-order valence-electron chi connectivity index (χ1n) is 8.20. The van der Waals surface area contributed by atoms with Crippen LogP contribution in [0.3, 0.4) is 0 Å². The quantitative estimate of drug-likeness (QED) is 0.828. The van der Waals surface area contributed by atoms with Crippen molar-refractivity contribution in [3.05, 3.63) is 22.8 Å². The molecule has 0 aliphatic heterocycles. The monoisotopic (exact) mass is 369 g/mol. The number of amides is 2. The molecule has 1 atom stereocenters. The lowest BCUT2D eigenvalue weighted by Gasteiger charge is -2.27. The number of nitrogens with one attached hydrogen (secondary N) is 2. The van der Waals surface area contributed by atoms with Crippen LogP contribution in [0.4, 0.5) is 10.6 Å². The summed E-state index contributed by atoms with van der Waals surface area (Å²) in [6.45, 7) is 13.0. The van der Waals surface area contributed by atoms with Crippen LogP contribution in [0.15, 0.2) is 12.1 Å². The number of anilines is 1. The van der Waals surface area contributed by atoms with Gasteiger partial charge in [-0.1, -0.05) is 32.4 Å². The van der Waals surface area contributed by atoms with Gasteiger partial charge in [0, 0.05) is 0 Å². The van der Waals surface area contributed by atoms with Crippen LogP contribution in [-0.4, -0.2) is 28.6 Å². The molecule has 0 aliphatic carbocycles. The molecule has 2 amide bonds. The van der Waals surface area contributed by atoms with Gasteiger partial charge in [-0.15, -0.1) is 0 Å². The van der Waals surface area contributed by atoms with Crippen LogP contribution in [0.25, 0.3) is 0 Å². The van der Waals surface area contributed by atoms with E-state index in [-0.39, 0.29) is 11.3 Å². The van der Waals surface area contributed by atoms with E-state index in [2.05, 4.69) is 15.6 Å². The van der Waals surface area contributed by atoms with Crippen LogP contribution in [0.1, 0.15) is 53.7 Å². The lowest BCUT2D eigenvalue weighted by Crippen LogP contribution is -2.47. The number of aromatic nitrogens is 1. The third-order valence-corrected chi connectivity index (χ3v) is 3.50. The third kappa shape index (κ3) is 8.20. The van der Waals surface area contributed by atoms with Crippen LogP contribution in [-0.2, 0) is 9.53 Å². The molecule has 6 nitrogen and oxygen atoms in total. The largest absolute Gasteiger partial charge is 0.444 e. The summed E-state index contributed by atoms with van der Waals surface area (Å²) in [4.78, 5) is 28.9. The lowest BCUT2D eigenvalue weighted by atomic mass is 9.88. The van der Waals surface area contributed by atoms with E-state index >= 15 is 0 Å². The number of rotatable bonds is 4. The molecule has 1 rings (SSSR count). The molecular weight excluding hydrogens is 342 g/mol. The number of hydrogen-bond donors (Lipinski definition) is 2. The zero-order valence-electron chi connectivity index (χ0n) is 16.0. The highest BCUT2D eigenvalue weighted by Gasteiger charge is 2.28. The molecule has 1 heterocycles. The Morgan fingerprint density at radius 1 is 1.20 bits per heavy atom. The Balaban J connectivity index is 2.88. The molecule has 0 bridgehead atoms. The molecule has 1 aromatic rings. The van der Waals surface area contributed by atoms with E-state index in [0.717, 1.165) is 0 Å². The van der Waals surface area contributed by atoms with Crippen LogP contribution in [0.5, 0.6) is 0 Å². The SMILES string of the molecule is Cc1nc(NC(=O)[C@@H](CC(C)(C)C)NC(=O)OC(C)(C)C)ccc1Cl. The maximum absolute atomic E-state index is 12.6. The second kappa shape index (κ2) is 8.04. The highest BCUT2D eigenvalue weighted by molar-refractivity contribution is 6.31. The number of aryl methyl sites for hydroxylation is 1. The predicted octanol–water partition coefficient (Wildman–Crippen LogP) is 4.31. The maximum Gasteiger partial charge on any atom is 0.408 e. The van der Waals surface area contributed by atoms with Crippen molar-refractivity contribution >= 4 is 29.4 Å². The number of halogens is 1. The molecule has 140 valence electrons. The lowest BCUT2D eigenvalue weighted by molar-refractivity contribution is -0.118. The highest BCUT2D eigenvalue weighted by Crippen LogP contribution is 2.22. The molecule has 0 fully saturated rings. The molecule has 1 aromatic heterocycles. The predicted molar refractivity (Wildman–Crippen MR) is 99.8 cm³/mol. The van der Waals surface area contributed by atoms with Crippen molar-refractivity contribution in [3.8, 4) is 0 Å². The molecule has 2 N–H and O–H groups in total. The molecular formula is C18H28ClN3O3. The van der Waals surface area contributed by atoms with Crippen LogP contribution in [0.2, 0.25) is 5.02 Å². The molecule has 0 spiro atoms. The number of hydrogen-bond acceptors (Lipinski definition) is 4. The van der Waals surface area contributed by atoms with Gasteiger partial charge in [0.1, 0.15) is 17.5 Å². The van der Waals surface area contributed by atoms with Crippen molar-refractivity contribution in [2.24, 2.45) is 5.41 Å². The van der Waals surface area contributed by atoms with Crippen molar-refractivity contribution in [2.75, 3.05) is 5.32 Å². The number of alkyl carbamates (subject to hydrolysis) is 1. The molecule has 0 saturated carbocycles. The van der Waals surface area contributed by atoms with Gasteiger partial charge in [-0.2, -0.15) is 0 Å². The fourth-order valence-corrected chi connectivity index (χ4v) is 2.20. The number of carbonyl (C=O) groups is 2. The maximum atomic E-state index is 12.6. The van der Waals surface area contributed by atoms with Gasteiger partial charge in [0.2, 0.25) is 5.91 Å². The summed E-state index contributed by atoms with van der Waals surface area (Å²) in [5, 5.41) is 5.90. The number of carbonyl (C=O) groups excluding carboxylic acids is 2. The second-order valence-electron chi connectivity index (χ2n) is 8.22. The first-order chi connectivity index (χ1) is 11.3. The van der Waals surface area contributed by atoms with Crippen molar-refractivity contribution in [3.63, 3.8) is 0 Å².